The van der Waals surface area contributed by atoms with E-state index >= 15 is 0 Å². The molecule has 0 radical (unpaired) electrons. The van der Waals surface area contributed by atoms with Crippen molar-refractivity contribution in [3.63, 3.8) is 0 Å². The lowest BCUT2D eigenvalue weighted by molar-refractivity contribution is -0.152. The van der Waals surface area contributed by atoms with Crippen LogP contribution in [0.25, 0.3) is 0 Å². The van der Waals surface area contributed by atoms with Crippen LogP contribution in [0.2, 0.25) is 0 Å². The highest BCUT2D eigenvalue weighted by Gasteiger charge is 2.48. The molecule has 36 heavy (non-hydrogen) atoms. The fraction of sp³-hybridized carbons (Fsp3) is 0.607. The summed E-state index contributed by atoms with van der Waals surface area (Å²) in [4.78, 5) is 34.3. The number of rotatable bonds is 3. The predicted molar refractivity (Wildman–Crippen MR) is 135 cm³/mol. The zero-order valence-electron chi connectivity index (χ0n) is 21.4. The Labute approximate surface area is 213 Å². The Kier molecular flexibility index (Phi) is 6.33. The van der Waals surface area contributed by atoms with Gasteiger partial charge < -0.3 is 14.5 Å². The van der Waals surface area contributed by atoms with E-state index in [9.17, 15) is 9.59 Å². The SMILES string of the molecule is Cn1nc(C(=O)N2CCc3ccccc3C2)c2c1CCN(C(=O)C1(N3CCOCC3)CCCCC1)C2. The highest BCUT2D eigenvalue weighted by Crippen LogP contribution is 2.37. The Morgan fingerprint density at radius 2 is 1.61 bits per heavy atom. The minimum atomic E-state index is -0.428. The normalized spacial score (nSPS) is 22.1. The number of benzene rings is 1. The monoisotopic (exact) mass is 491 g/mol. The van der Waals surface area contributed by atoms with E-state index in [1.807, 2.05) is 27.6 Å². The van der Waals surface area contributed by atoms with Gasteiger partial charge in [0.15, 0.2) is 5.69 Å². The number of ether oxygens (including phenoxy) is 1. The Balaban J connectivity index is 1.25. The summed E-state index contributed by atoms with van der Waals surface area (Å²) in [7, 11) is 1.93. The maximum absolute atomic E-state index is 14.2. The molecule has 6 rings (SSSR count). The summed E-state index contributed by atoms with van der Waals surface area (Å²) in [5, 5.41) is 4.70. The summed E-state index contributed by atoms with van der Waals surface area (Å²) in [5.74, 6) is 0.222. The molecule has 1 saturated heterocycles. The van der Waals surface area contributed by atoms with Gasteiger partial charge in [0, 0.05) is 64.0 Å². The molecule has 2 fully saturated rings. The minimum Gasteiger partial charge on any atom is -0.379 e. The van der Waals surface area contributed by atoms with Crippen LogP contribution < -0.4 is 0 Å². The van der Waals surface area contributed by atoms with Gasteiger partial charge in [-0.25, -0.2) is 0 Å². The number of aryl methyl sites for hydroxylation is 1. The molecule has 8 heteroatoms. The summed E-state index contributed by atoms with van der Waals surface area (Å²) in [5.41, 5.74) is 4.65. The van der Waals surface area contributed by atoms with Gasteiger partial charge in [0.2, 0.25) is 5.91 Å². The number of fused-ring (bicyclic) bond motifs is 2. The number of carbonyl (C=O) groups excluding carboxylic acids is 2. The van der Waals surface area contributed by atoms with Gasteiger partial charge in [-0.05, 0) is 30.4 Å². The first-order chi connectivity index (χ1) is 17.6. The number of nitrogens with zero attached hydrogens (tertiary/aromatic N) is 5. The lowest BCUT2D eigenvalue weighted by Gasteiger charge is -2.49. The third kappa shape index (κ3) is 4.04. The molecule has 0 atom stereocenters. The molecule has 1 aliphatic carbocycles. The molecule has 192 valence electrons. The zero-order chi connectivity index (χ0) is 24.7. The second kappa shape index (κ2) is 9.63. The van der Waals surface area contributed by atoms with Crippen molar-refractivity contribution in [2.45, 2.75) is 63.6 Å². The van der Waals surface area contributed by atoms with Gasteiger partial charge in [-0.2, -0.15) is 5.10 Å². The largest absolute Gasteiger partial charge is 0.379 e. The average molecular weight is 492 g/mol. The van der Waals surface area contributed by atoms with Crippen LogP contribution in [0.4, 0.5) is 0 Å². The van der Waals surface area contributed by atoms with Crippen LogP contribution >= 0.6 is 0 Å². The number of hydrogen-bond donors (Lipinski definition) is 0. The molecule has 2 aromatic rings. The van der Waals surface area contributed by atoms with E-state index in [0.717, 1.165) is 62.9 Å². The molecule has 1 aromatic heterocycles. The van der Waals surface area contributed by atoms with Gasteiger partial charge in [0.05, 0.1) is 13.2 Å². The van der Waals surface area contributed by atoms with Crippen molar-refractivity contribution >= 4 is 11.8 Å². The molecule has 1 saturated carbocycles. The van der Waals surface area contributed by atoms with Crippen molar-refractivity contribution in [2.24, 2.45) is 7.05 Å². The topological polar surface area (TPSA) is 70.9 Å². The fourth-order valence-electron chi connectivity index (χ4n) is 6.84. The van der Waals surface area contributed by atoms with E-state index in [0.29, 0.717) is 45.1 Å². The average Bonchev–Trinajstić information content (AvgIpc) is 3.28. The van der Waals surface area contributed by atoms with Crippen molar-refractivity contribution in [1.29, 1.82) is 0 Å². The van der Waals surface area contributed by atoms with Gasteiger partial charge >= 0.3 is 0 Å². The number of morpholine rings is 1. The number of amides is 2. The van der Waals surface area contributed by atoms with Gasteiger partial charge in [-0.3, -0.25) is 19.2 Å². The number of carbonyl (C=O) groups is 2. The van der Waals surface area contributed by atoms with Crippen LogP contribution in [0, 0.1) is 0 Å². The minimum absolute atomic E-state index is 0.0174. The molecule has 4 heterocycles. The molecular formula is C28H37N5O3. The van der Waals surface area contributed by atoms with Crippen molar-refractivity contribution in [3.05, 3.63) is 52.3 Å². The van der Waals surface area contributed by atoms with E-state index in [2.05, 4.69) is 23.1 Å². The van der Waals surface area contributed by atoms with Crippen LogP contribution in [0.1, 0.15) is 65.0 Å². The molecule has 2 amide bonds. The van der Waals surface area contributed by atoms with E-state index in [-0.39, 0.29) is 11.8 Å². The van der Waals surface area contributed by atoms with Crippen molar-refractivity contribution in [2.75, 3.05) is 39.4 Å². The van der Waals surface area contributed by atoms with Gasteiger partial charge in [-0.1, -0.05) is 43.5 Å². The molecule has 4 aliphatic rings. The summed E-state index contributed by atoms with van der Waals surface area (Å²) in [6.07, 6.45) is 6.82. The number of hydrogen-bond acceptors (Lipinski definition) is 5. The van der Waals surface area contributed by atoms with Crippen LogP contribution in [0.3, 0.4) is 0 Å². The lowest BCUT2D eigenvalue weighted by atomic mass is 9.78. The van der Waals surface area contributed by atoms with Crippen molar-refractivity contribution in [1.82, 2.24) is 24.5 Å². The Bertz CT molecular complexity index is 1150. The summed E-state index contributed by atoms with van der Waals surface area (Å²) in [6, 6.07) is 8.36. The van der Waals surface area contributed by atoms with E-state index in [1.165, 1.54) is 17.5 Å². The fourth-order valence-corrected chi connectivity index (χ4v) is 6.84. The first-order valence-electron chi connectivity index (χ1n) is 13.6. The Morgan fingerprint density at radius 3 is 2.39 bits per heavy atom. The van der Waals surface area contributed by atoms with E-state index in [1.54, 1.807) is 0 Å². The second-order valence-corrected chi connectivity index (χ2v) is 10.8. The van der Waals surface area contributed by atoms with E-state index in [4.69, 9.17) is 9.84 Å². The molecule has 0 N–H and O–H groups in total. The van der Waals surface area contributed by atoms with Gasteiger partial charge in [0.25, 0.3) is 5.91 Å². The summed E-state index contributed by atoms with van der Waals surface area (Å²) in [6.45, 7) is 5.49. The third-order valence-corrected chi connectivity index (χ3v) is 8.85. The highest BCUT2D eigenvalue weighted by molar-refractivity contribution is 5.95. The van der Waals surface area contributed by atoms with Crippen molar-refractivity contribution < 1.29 is 14.3 Å². The predicted octanol–water partition coefficient (Wildman–Crippen LogP) is 2.54. The highest BCUT2D eigenvalue weighted by atomic mass is 16.5. The Morgan fingerprint density at radius 1 is 0.889 bits per heavy atom. The first kappa shape index (κ1) is 23.7. The molecule has 3 aliphatic heterocycles. The van der Waals surface area contributed by atoms with E-state index < -0.39 is 5.54 Å². The lowest BCUT2D eigenvalue weighted by Crippen LogP contribution is -2.63. The Hall–Kier alpha value is -2.71. The first-order valence-corrected chi connectivity index (χ1v) is 13.6. The standard InChI is InChI=1S/C28H37N5O3/c1-30-24-10-14-32(27(35)28(11-5-2-6-12-28)33-15-17-36-18-16-33)20-23(24)25(29-30)26(34)31-13-9-21-7-3-4-8-22(21)19-31/h3-4,7-8H,2,5-6,9-20H2,1H3. The van der Waals surface area contributed by atoms with Crippen LogP contribution in [-0.2, 0) is 42.5 Å². The van der Waals surface area contributed by atoms with Crippen LogP contribution in [0.5, 0.6) is 0 Å². The molecule has 0 spiro atoms. The molecule has 8 nitrogen and oxygen atoms in total. The second-order valence-electron chi connectivity index (χ2n) is 10.8. The maximum atomic E-state index is 14.2. The zero-order valence-corrected chi connectivity index (χ0v) is 21.4. The molecule has 1 aromatic carbocycles. The molecule has 0 unspecified atom stereocenters. The number of aromatic nitrogens is 2. The molecule has 0 bridgehead atoms. The van der Waals surface area contributed by atoms with Gasteiger partial charge in [0.1, 0.15) is 5.54 Å². The van der Waals surface area contributed by atoms with Crippen LogP contribution in [0.15, 0.2) is 24.3 Å². The maximum Gasteiger partial charge on any atom is 0.275 e. The summed E-state index contributed by atoms with van der Waals surface area (Å²) < 4.78 is 7.47. The third-order valence-electron chi connectivity index (χ3n) is 8.85. The quantitative estimate of drug-likeness (QED) is 0.660. The smallest absolute Gasteiger partial charge is 0.275 e. The van der Waals surface area contributed by atoms with Gasteiger partial charge in [-0.15, -0.1) is 0 Å². The summed E-state index contributed by atoms with van der Waals surface area (Å²) >= 11 is 0. The van der Waals surface area contributed by atoms with Crippen LogP contribution in [-0.4, -0.2) is 81.2 Å². The van der Waals surface area contributed by atoms with Crippen molar-refractivity contribution in [3.8, 4) is 0 Å². The molecular weight excluding hydrogens is 454 g/mol.